The van der Waals surface area contributed by atoms with E-state index in [0.717, 1.165) is 23.4 Å². The van der Waals surface area contributed by atoms with Crippen molar-refractivity contribution in [3.8, 4) is 17.0 Å². The van der Waals surface area contributed by atoms with Gasteiger partial charge in [0.2, 0.25) is 0 Å². The van der Waals surface area contributed by atoms with Gasteiger partial charge in [-0.1, -0.05) is 13.0 Å². The molecule has 0 amide bonds. The first-order valence-corrected chi connectivity index (χ1v) is 6.41. The van der Waals surface area contributed by atoms with Crippen LogP contribution in [0.3, 0.4) is 0 Å². The molecule has 0 saturated heterocycles. The van der Waals surface area contributed by atoms with Gasteiger partial charge >= 0.3 is 0 Å². The first-order valence-electron chi connectivity index (χ1n) is 6.41. The molecular formula is C15H19N3O. The van der Waals surface area contributed by atoms with Gasteiger partial charge in [-0.15, -0.1) is 0 Å². The molecule has 0 saturated carbocycles. The minimum absolute atomic E-state index is 0.180. The van der Waals surface area contributed by atoms with Crippen LogP contribution >= 0.6 is 0 Å². The van der Waals surface area contributed by atoms with Crippen LogP contribution in [0.4, 0.5) is 0 Å². The summed E-state index contributed by atoms with van der Waals surface area (Å²) in [6.45, 7) is 4.00. The second-order valence-corrected chi connectivity index (χ2v) is 4.48. The van der Waals surface area contributed by atoms with Crippen LogP contribution in [0.5, 0.6) is 5.75 Å². The molecule has 4 nitrogen and oxygen atoms in total. The monoisotopic (exact) mass is 257 g/mol. The molecular weight excluding hydrogens is 238 g/mol. The van der Waals surface area contributed by atoms with Crippen molar-refractivity contribution >= 4 is 0 Å². The average molecular weight is 257 g/mol. The highest BCUT2D eigenvalue weighted by molar-refractivity contribution is 5.67. The Kier molecular flexibility index (Phi) is 4.12. The van der Waals surface area contributed by atoms with Crippen LogP contribution in [-0.4, -0.2) is 17.1 Å². The Morgan fingerprint density at radius 2 is 2.11 bits per heavy atom. The summed E-state index contributed by atoms with van der Waals surface area (Å²) in [5, 5.41) is 0. The van der Waals surface area contributed by atoms with E-state index in [1.165, 1.54) is 5.56 Å². The Morgan fingerprint density at radius 1 is 1.32 bits per heavy atom. The van der Waals surface area contributed by atoms with Crippen LogP contribution in [0.25, 0.3) is 11.3 Å². The molecule has 19 heavy (non-hydrogen) atoms. The molecule has 0 radical (unpaired) electrons. The molecule has 0 bridgehead atoms. The molecule has 1 aromatic heterocycles. The van der Waals surface area contributed by atoms with Crippen LogP contribution < -0.4 is 10.5 Å². The predicted molar refractivity (Wildman–Crippen MR) is 76.0 cm³/mol. The van der Waals surface area contributed by atoms with Crippen molar-refractivity contribution in [1.82, 2.24) is 9.97 Å². The van der Waals surface area contributed by atoms with Gasteiger partial charge < -0.3 is 10.5 Å². The first kappa shape index (κ1) is 13.5. The Morgan fingerprint density at radius 3 is 2.74 bits per heavy atom. The molecule has 1 heterocycles. The van der Waals surface area contributed by atoms with Crippen molar-refractivity contribution < 1.29 is 4.74 Å². The summed E-state index contributed by atoms with van der Waals surface area (Å²) in [7, 11) is 1.66. The average Bonchev–Trinajstić information content (AvgIpc) is 2.46. The summed E-state index contributed by atoms with van der Waals surface area (Å²) in [4.78, 5) is 8.70. The highest BCUT2D eigenvalue weighted by atomic mass is 16.5. The molecule has 2 N–H and O–H groups in total. The number of methoxy groups -OCH3 is 1. The third-order valence-corrected chi connectivity index (χ3v) is 3.03. The summed E-state index contributed by atoms with van der Waals surface area (Å²) in [5.41, 5.74) is 8.90. The lowest BCUT2D eigenvalue weighted by Crippen LogP contribution is -2.10. The summed E-state index contributed by atoms with van der Waals surface area (Å²) >= 11 is 0. The molecule has 1 aromatic carbocycles. The van der Waals surface area contributed by atoms with E-state index < -0.39 is 0 Å². The molecule has 1 unspecified atom stereocenters. The second-order valence-electron chi connectivity index (χ2n) is 4.48. The molecule has 2 rings (SSSR count). The number of hydrogen-bond donors (Lipinski definition) is 1. The van der Waals surface area contributed by atoms with E-state index in [1.807, 2.05) is 19.1 Å². The molecule has 1 atom stereocenters. The summed E-state index contributed by atoms with van der Waals surface area (Å²) in [5.74, 6) is 1.45. The molecule has 0 spiro atoms. The quantitative estimate of drug-likeness (QED) is 0.914. The minimum atomic E-state index is -0.180. The first-order chi connectivity index (χ1) is 9.15. The lowest BCUT2D eigenvalue weighted by Gasteiger charge is -2.11. The number of benzene rings is 1. The highest BCUT2D eigenvalue weighted by Crippen LogP contribution is 2.30. The summed E-state index contributed by atoms with van der Waals surface area (Å²) in [6, 6.07) is 7.84. The van der Waals surface area contributed by atoms with Gasteiger partial charge in [0, 0.05) is 11.8 Å². The van der Waals surface area contributed by atoms with Crippen molar-refractivity contribution in [3.05, 3.63) is 41.9 Å². The number of nitrogens with zero attached hydrogens (tertiary/aromatic N) is 2. The largest absolute Gasteiger partial charge is 0.496 e. The summed E-state index contributed by atoms with van der Waals surface area (Å²) in [6.07, 6.45) is 2.71. The van der Waals surface area contributed by atoms with Crippen LogP contribution in [0.1, 0.15) is 31.3 Å². The molecule has 0 fully saturated rings. The standard InChI is InChI=1S/C15H19N3O/c1-4-11-5-6-14(19-3)12(9-11)13-7-8-17-15(18-13)10(2)16/h5-10H,4,16H2,1-3H3. The fourth-order valence-electron chi connectivity index (χ4n) is 1.92. The lowest BCUT2D eigenvalue weighted by molar-refractivity contribution is 0.416. The van der Waals surface area contributed by atoms with Crippen LogP contribution in [0, 0.1) is 0 Å². The normalized spacial score (nSPS) is 12.2. The fourth-order valence-corrected chi connectivity index (χ4v) is 1.92. The van der Waals surface area contributed by atoms with Crippen molar-refractivity contribution in [2.24, 2.45) is 5.73 Å². The topological polar surface area (TPSA) is 61.0 Å². The van der Waals surface area contributed by atoms with E-state index in [-0.39, 0.29) is 6.04 Å². The molecule has 0 aliphatic carbocycles. The Balaban J connectivity index is 2.53. The lowest BCUT2D eigenvalue weighted by atomic mass is 10.0. The maximum atomic E-state index is 5.83. The van der Waals surface area contributed by atoms with Crippen molar-refractivity contribution in [1.29, 1.82) is 0 Å². The van der Waals surface area contributed by atoms with Gasteiger partial charge in [0.1, 0.15) is 11.6 Å². The molecule has 2 aromatic rings. The number of hydrogen-bond acceptors (Lipinski definition) is 4. The number of aryl methyl sites for hydroxylation is 1. The van der Waals surface area contributed by atoms with Gasteiger partial charge in [-0.05, 0) is 37.1 Å². The Hall–Kier alpha value is -1.94. The number of nitrogens with two attached hydrogens (primary N) is 1. The van der Waals surface area contributed by atoms with E-state index in [2.05, 4.69) is 29.0 Å². The number of aromatic nitrogens is 2. The van der Waals surface area contributed by atoms with E-state index >= 15 is 0 Å². The van der Waals surface area contributed by atoms with Crippen molar-refractivity contribution in [2.45, 2.75) is 26.3 Å². The van der Waals surface area contributed by atoms with E-state index in [1.54, 1.807) is 13.3 Å². The third kappa shape index (κ3) is 2.90. The zero-order valence-electron chi connectivity index (χ0n) is 11.6. The summed E-state index contributed by atoms with van der Waals surface area (Å²) < 4.78 is 5.41. The van der Waals surface area contributed by atoms with E-state index in [4.69, 9.17) is 10.5 Å². The second kappa shape index (κ2) is 5.80. The molecule has 0 aliphatic heterocycles. The van der Waals surface area contributed by atoms with Gasteiger partial charge in [-0.2, -0.15) is 0 Å². The van der Waals surface area contributed by atoms with Crippen molar-refractivity contribution in [3.63, 3.8) is 0 Å². The smallest absolute Gasteiger partial charge is 0.145 e. The minimum Gasteiger partial charge on any atom is -0.496 e. The fraction of sp³-hybridized carbons (Fsp3) is 0.333. The molecule has 100 valence electrons. The van der Waals surface area contributed by atoms with Crippen molar-refractivity contribution in [2.75, 3.05) is 7.11 Å². The van der Waals surface area contributed by atoms with Gasteiger partial charge in [-0.3, -0.25) is 0 Å². The Bertz CT molecular complexity index is 567. The molecule has 0 aliphatic rings. The maximum Gasteiger partial charge on any atom is 0.145 e. The zero-order chi connectivity index (χ0) is 13.8. The van der Waals surface area contributed by atoms with Gasteiger partial charge in [0.05, 0.1) is 18.8 Å². The van der Waals surface area contributed by atoms with Gasteiger partial charge in [-0.25, -0.2) is 9.97 Å². The van der Waals surface area contributed by atoms with Gasteiger partial charge in [0.25, 0.3) is 0 Å². The van der Waals surface area contributed by atoms with Crippen LogP contribution in [0.15, 0.2) is 30.5 Å². The third-order valence-electron chi connectivity index (χ3n) is 3.03. The Labute approximate surface area is 113 Å². The highest BCUT2D eigenvalue weighted by Gasteiger charge is 2.10. The van der Waals surface area contributed by atoms with E-state index in [9.17, 15) is 0 Å². The molecule has 4 heteroatoms. The van der Waals surface area contributed by atoms with Crippen LogP contribution in [-0.2, 0) is 6.42 Å². The van der Waals surface area contributed by atoms with E-state index in [0.29, 0.717) is 5.82 Å². The predicted octanol–water partition coefficient (Wildman–Crippen LogP) is 2.73. The number of rotatable bonds is 4. The maximum absolute atomic E-state index is 5.83. The van der Waals surface area contributed by atoms with Gasteiger partial charge in [0.15, 0.2) is 0 Å². The zero-order valence-corrected chi connectivity index (χ0v) is 11.6. The number of ether oxygens (including phenoxy) is 1. The SMILES string of the molecule is CCc1ccc(OC)c(-c2ccnc(C(C)N)n2)c1. The van der Waals surface area contributed by atoms with Crippen LogP contribution in [0.2, 0.25) is 0 Å².